The fourth-order valence-corrected chi connectivity index (χ4v) is 2.93. The van der Waals surface area contributed by atoms with E-state index < -0.39 is 10.0 Å². The maximum Gasteiger partial charge on any atom is 0.233 e. The van der Waals surface area contributed by atoms with Crippen molar-refractivity contribution < 1.29 is 13.5 Å². The molecule has 2 N–H and O–H groups in total. The largest absolute Gasteiger partial charge is 0.506 e. The summed E-state index contributed by atoms with van der Waals surface area (Å²) in [7, 11) is -3.53. The second kappa shape index (κ2) is 5.92. The molecule has 6 heteroatoms. The van der Waals surface area contributed by atoms with Crippen molar-refractivity contribution >= 4 is 15.7 Å². The average molecular weight is 292 g/mol. The Labute approximate surface area is 118 Å². The van der Waals surface area contributed by atoms with Crippen molar-refractivity contribution in [3.63, 3.8) is 0 Å². The van der Waals surface area contributed by atoms with E-state index in [0.717, 1.165) is 0 Å². The van der Waals surface area contributed by atoms with E-state index in [1.807, 2.05) is 6.07 Å². The van der Waals surface area contributed by atoms with Crippen LogP contribution in [-0.4, -0.2) is 24.3 Å². The monoisotopic (exact) mass is 292 g/mol. The quantitative estimate of drug-likeness (QED) is 0.827. The number of rotatable bonds is 5. The molecule has 0 aliphatic rings. The van der Waals surface area contributed by atoms with Gasteiger partial charge in [-0.05, 0) is 30.7 Å². The Morgan fingerprint density at radius 3 is 2.65 bits per heavy atom. The van der Waals surface area contributed by atoms with Crippen molar-refractivity contribution in [2.45, 2.75) is 13.3 Å². The number of aryl methyl sites for hydroxylation is 2. The zero-order valence-corrected chi connectivity index (χ0v) is 11.9. The van der Waals surface area contributed by atoms with E-state index in [1.165, 1.54) is 6.07 Å². The predicted octanol–water partition coefficient (Wildman–Crippen LogP) is 2.08. The lowest BCUT2D eigenvalue weighted by molar-refractivity contribution is 0.477. The van der Waals surface area contributed by atoms with E-state index in [9.17, 15) is 13.5 Å². The number of hydrogen-bond donors (Lipinski definition) is 2. The molecule has 0 atom stereocenters. The summed E-state index contributed by atoms with van der Waals surface area (Å²) in [5.74, 6) is -0.163. The van der Waals surface area contributed by atoms with Crippen LogP contribution in [0.1, 0.15) is 11.3 Å². The molecule has 20 heavy (non-hydrogen) atoms. The summed E-state index contributed by atoms with van der Waals surface area (Å²) < 4.78 is 26.5. The van der Waals surface area contributed by atoms with Gasteiger partial charge in [0, 0.05) is 18.3 Å². The van der Waals surface area contributed by atoms with E-state index in [2.05, 4.69) is 9.71 Å². The number of phenolic OH excluding ortho intramolecular Hbond substituents is 1. The van der Waals surface area contributed by atoms with Crippen molar-refractivity contribution in [2.24, 2.45) is 0 Å². The zero-order chi connectivity index (χ0) is 14.6. The fourth-order valence-electron chi connectivity index (χ4n) is 1.78. The van der Waals surface area contributed by atoms with Crippen molar-refractivity contribution in [2.75, 3.05) is 10.5 Å². The molecule has 0 radical (unpaired) electrons. The molecular formula is C14H16N2O3S. The number of hydrogen-bond acceptors (Lipinski definition) is 4. The number of anilines is 1. The Morgan fingerprint density at radius 1 is 1.20 bits per heavy atom. The summed E-state index contributed by atoms with van der Waals surface area (Å²) in [4.78, 5) is 4.08. The van der Waals surface area contributed by atoms with Crippen LogP contribution in [0.3, 0.4) is 0 Å². The summed E-state index contributed by atoms with van der Waals surface area (Å²) in [6.45, 7) is 1.73. The number of benzene rings is 1. The normalized spacial score (nSPS) is 11.2. The third kappa shape index (κ3) is 3.71. The highest BCUT2D eigenvalue weighted by molar-refractivity contribution is 7.92. The molecule has 5 nitrogen and oxygen atoms in total. The Morgan fingerprint density at radius 2 is 2.00 bits per heavy atom. The highest BCUT2D eigenvalue weighted by Crippen LogP contribution is 2.27. The van der Waals surface area contributed by atoms with Gasteiger partial charge in [0.2, 0.25) is 10.0 Å². The van der Waals surface area contributed by atoms with Gasteiger partial charge in [-0.3, -0.25) is 9.71 Å². The first kappa shape index (κ1) is 14.3. The molecule has 0 fully saturated rings. The van der Waals surface area contributed by atoms with E-state index in [1.54, 1.807) is 37.4 Å². The van der Waals surface area contributed by atoms with E-state index in [0.29, 0.717) is 17.7 Å². The molecule has 0 bridgehead atoms. The number of nitrogens with one attached hydrogen (secondary N) is 1. The first-order chi connectivity index (χ1) is 9.48. The highest BCUT2D eigenvalue weighted by atomic mass is 32.2. The first-order valence-electron chi connectivity index (χ1n) is 6.17. The average Bonchev–Trinajstić information content (AvgIpc) is 2.42. The van der Waals surface area contributed by atoms with Gasteiger partial charge >= 0.3 is 0 Å². The summed E-state index contributed by atoms with van der Waals surface area (Å²) in [6, 6.07) is 10.2. The Hall–Kier alpha value is -2.08. The van der Waals surface area contributed by atoms with Gasteiger partial charge in [-0.1, -0.05) is 18.2 Å². The Kier molecular flexibility index (Phi) is 4.24. The first-order valence-corrected chi connectivity index (χ1v) is 7.82. The molecule has 0 unspecified atom stereocenters. The minimum atomic E-state index is -3.53. The van der Waals surface area contributed by atoms with Crippen LogP contribution in [0.4, 0.5) is 5.69 Å². The van der Waals surface area contributed by atoms with Crippen molar-refractivity contribution in [1.82, 2.24) is 4.98 Å². The second-order valence-corrected chi connectivity index (χ2v) is 6.30. The fraction of sp³-hybridized carbons (Fsp3) is 0.214. The number of phenols is 1. The van der Waals surface area contributed by atoms with Gasteiger partial charge in [-0.15, -0.1) is 0 Å². The maximum atomic E-state index is 12.0. The van der Waals surface area contributed by atoms with Gasteiger partial charge in [-0.25, -0.2) is 8.42 Å². The number of pyridine rings is 1. The summed E-state index contributed by atoms with van der Waals surface area (Å²) in [5.41, 5.74) is 1.62. The molecule has 1 aromatic carbocycles. The van der Waals surface area contributed by atoms with Crippen molar-refractivity contribution in [3.05, 3.63) is 53.9 Å². The number of nitrogens with zero attached hydrogens (tertiary/aromatic N) is 1. The summed E-state index contributed by atoms with van der Waals surface area (Å²) in [5, 5.41) is 9.70. The third-order valence-corrected chi connectivity index (χ3v) is 4.12. The Bertz CT molecular complexity index is 665. The number of para-hydroxylation sites is 1. The van der Waals surface area contributed by atoms with Gasteiger partial charge < -0.3 is 5.11 Å². The predicted molar refractivity (Wildman–Crippen MR) is 78.2 cm³/mol. The zero-order valence-electron chi connectivity index (χ0n) is 11.1. The van der Waals surface area contributed by atoms with Gasteiger partial charge in [0.05, 0.1) is 11.4 Å². The molecule has 0 aliphatic heterocycles. The van der Waals surface area contributed by atoms with Crippen molar-refractivity contribution in [1.29, 1.82) is 0 Å². The van der Waals surface area contributed by atoms with Gasteiger partial charge in [0.25, 0.3) is 0 Å². The lowest BCUT2D eigenvalue weighted by atomic mass is 10.2. The van der Waals surface area contributed by atoms with Gasteiger partial charge in [0.1, 0.15) is 5.75 Å². The maximum absolute atomic E-state index is 12.0. The molecule has 2 rings (SSSR count). The molecule has 106 valence electrons. The van der Waals surface area contributed by atoms with Crippen LogP contribution >= 0.6 is 0 Å². The van der Waals surface area contributed by atoms with Crippen LogP contribution in [0, 0.1) is 6.92 Å². The number of aromatic nitrogens is 1. The van der Waals surface area contributed by atoms with E-state index in [4.69, 9.17) is 0 Å². The lowest BCUT2D eigenvalue weighted by Gasteiger charge is -2.11. The third-order valence-electron chi connectivity index (χ3n) is 2.86. The summed E-state index contributed by atoms with van der Waals surface area (Å²) >= 11 is 0. The number of sulfonamides is 1. The topological polar surface area (TPSA) is 79.3 Å². The second-order valence-electron chi connectivity index (χ2n) is 4.46. The van der Waals surface area contributed by atoms with Crippen LogP contribution in [0.5, 0.6) is 5.75 Å². The van der Waals surface area contributed by atoms with Crippen LogP contribution < -0.4 is 4.72 Å². The highest BCUT2D eigenvalue weighted by Gasteiger charge is 2.14. The molecular weight excluding hydrogens is 276 g/mol. The Balaban J connectivity index is 2.08. The van der Waals surface area contributed by atoms with Crippen LogP contribution in [-0.2, 0) is 16.4 Å². The molecule has 1 aromatic heterocycles. The van der Waals surface area contributed by atoms with Gasteiger partial charge in [-0.2, -0.15) is 0 Å². The number of aromatic hydroxyl groups is 1. The van der Waals surface area contributed by atoms with Crippen LogP contribution in [0.2, 0.25) is 0 Å². The minimum absolute atomic E-state index is 0.0774. The van der Waals surface area contributed by atoms with E-state index >= 15 is 0 Å². The van der Waals surface area contributed by atoms with Gasteiger partial charge in [0.15, 0.2) is 0 Å². The van der Waals surface area contributed by atoms with Crippen molar-refractivity contribution in [3.8, 4) is 5.75 Å². The molecule has 0 saturated carbocycles. The van der Waals surface area contributed by atoms with E-state index in [-0.39, 0.29) is 17.2 Å². The van der Waals surface area contributed by atoms with Crippen LogP contribution in [0.15, 0.2) is 42.6 Å². The smallest absolute Gasteiger partial charge is 0.233 e. The molecule has 0 spiro atoms. The molecule has 0 aliphatic carbocycles. The lowest BCUT2D eigenvalue weighted by Crippen LogP contribution is -2.19. The van der Waals surface area contributed by atoms with Crippen LogP contribution in [0.25, 0.3) is 0 Å². The molecule has 1 heterocycles. The summed E-state index contributed by atoms with van der Waals surface area (Å²) in [6.07, 6.45) is 1.95. The molecule has 0 amide bonds. The minimum Gasteiger partial charge on any atom is -0.506 e. The standard InChI is InChI=1S/C14H16N2O3S/c1-11-5-4-7-13(17)14(11)16-20(18,19)10-8-12-6-2-3-9-15-12/h2-7,9,16-17H,8,10H2,1H3. The SMILES string of the molecule is Cc1cccc(O)c1NS(=O)(=O)CCc1ccccn1. The molecule has 2 aromatic rings. The molecule has 0 saturated heterocycles.